The van der Waals surface area contributed by atoms with Crippen LogP contribution in [0.25, 0.3) is 11.0 Å². The van der Waals surface area contributed by atoms with Crippen molar-refractivity contribution in [1.82, 2.24) is 4.90 Å². The molecule has 0 atom stereocenters. The van der Waals surface area contributed by atoms with E-state index in [1.165, 1.54) is 5.69 Å². The van der Waals surface area contributed by atoms with E-state index in [2.05, 4.69) is 21.9 Å². The molecule has 0 amide bonds. The molecule has 1 aliphatic heterocycles. The first-order valence-electron chi connectivity index (χ1n) is 9.26. The van der Waals surface area contributed by atoms with Crippen molar-refractivity contribution in [2.45, 2.75) is 13.5 Å². The second kappa shape index (κ2) is 7.45. The Morgan fingerprint density at radius 1 is 1.07 bits per heavy atom. The molecule has 0 aliphatic carbocycles. The summed E-state index contributed by atoms with van der Waals surface area (Å²) < 4.78 is 11.0. The third-order valence-electron chi connectivity index (χ3n) is 5.18. The smallest absolute Gasteiger partial charge is 0.197 e. The zero-order valence-electron chi connectivity index (χ0n) is 15.8. The van der Waals surface area contributed by atoms with Crippen molar-refractivity contribution in [2.75, 3.05) is 38.2 Å². The van der Waals surface area contributed by atoms with Crippen LogP contribution in [0, 0.1) is 6.92 Å². The second-order valence-corrected chi connectivity index (χ2v) is 7.05. The molecule has 27 heavy (non-hydrogen) atoms. The van der Waals surface area contributed by atoms with Crippen molar-refractivity contribution in [3.63, 3.8) is 0 Å². The molecule has 0 spiro atoms. The van der Waals surface area contributed by atoms with Crippen LogP contribution in [-0.2, 0) is 6.54 Å². The Labute approximate surface area is 158 Å². The summed E-state index contributed by atoms with van der Waals surface area (Å²) in [5.74, 6) is 0.874. The Morgan fingerprint density at radius 3 is 2.67 bits per heavy atom. The molecule has 2 heterocycles. The molecular weight excluding hydrogens is 340 g/mol. The van der Waals surface area contributed by atoms with E-state index in [4.69, 9.17) is 9.15 Å². The van der Waals surface area contributed by atoms with Crippen molar-refractivity contribution >= 4 is 16.7 Å². The number of piperazine rings is 1. The molecule has 1 aromatic heterocycles. The van der Waals surface area contributed by atoms with Gasteiger partial charge in [0.2, 0.25) is 0 Å². The number of hydrogen-bond acceptors (Lipinski definition) is 5. The lowest BCUT2D eigenvalue weighted by Crippen LogP contribution is -2.46. The predicted octanol–water partition coefficient (Wildman–Crippen LogP) is 3.43. The van der Waals surface area contributed by atoms with Gasteiger partial charge in [-0.05, 0) is 31.2 Å². The molecule has 0 radical (unpaired) electrons. The lowest BCUT2D eigenvalue weighted by molar-refractivity contribution is 0.247. The standard InChI is InChI=1S/C22H24N2O3/c1-16-6-7-21-20(12-16)22(25)17(15-27-21)14-23-8-10-24(11-9-23)18-4-3-5-19(13-18)26-2/h3-7,12-13,15H,8-11,14H2,1-2H3. The van der Waals surface area contributed by atoms with E-state index < -0.39 is 0 Å². The monoisotopic (exact) mass is 364 g/mol. The van der Waals surface area contributed by atoms with Gasteiger partial charge in [0.05, 0.1) is 18.8 Å². The Kier molecular flexibility index (Phi) is 4.86. The van der Waals surface area contributed by atoms with E-state index in [9.17, 15) is 4.79 Å². The summed E-state index contributed by atoms with van der Waals surface area (Å²) >= 11 is 0. The largest absolute Gasteiger partial charge is 0.497 e. The fourth-order valence-electron chi connectivity index (χ4n) is 3.61. The van der Waals surface area contributed by atoms with Crippen molar-refractivity contribution in [1.29, 1.82) is 0 Å². The highest BCUT2D eigenvalue weighted by atomic mass is 16.5. The third kappa shape index (κ3) is 3.69. The van der Waals surface area contributed by atoms with Crippen LogP contribution in [0.3, 0.4) is 0 Å². The Morgan fingerprint density at radius 2 is 1.89 bits per heavy atom. The van der Waals surface area contributed by atoms with E-state index in [0.717, 1.165) is 43.1 Å². The van der Waals surface area contributed by atoms with Crippen molar-refractivity contribution in [3.8, 4) is 5.75 Å². The summed E-state index contributed by atoms with van der Waals surface area (Å²) in [5.41, 5.74) is 3.70. The van der Waals surface area contributed by atoms with E-state index in [0.29, 0.717) is 17.5 Å². The topological polar surface area (TPSA) is 45.9 Å². The number of methoxy groups -OCH3 is 1. The fourth-order valence-corrected chi connectivity index (χ4v) is 3.61. The van der Waals surface area contributed by atoms with Gasteiger partial charge in [-0.1, -0.05) is 17.7 Å². The van der Waals surface area contributed by atoms with Gasteiger partial charge >= 0.3 is 0 Å². The number of benzene rings is 2. The zero-order valence-corrected chi connectivity index (χ0v) is 15.8. The first-order valence-corrected chi connectivity index (χ1v) is 9.26. The number of ether oxygens (including phenoxy) is 1. The maximum absolute atomic E-state index is 12.8. The summed E-state index contributed by atoms with van der Waals surface area (Å²) in [5, 5.41) is 0.669. The van der Waals surface area contributed by atoms with Crippen LogP contribution in [0.5, 0.6) is 5.75 Å². The number of hydrogen-bond donors (Lipinski definition) is 0. The number of fused-ring (bicyclic) bond motifs is 1. The predicted molar refractivity (Wildman–Crippen MR) is 108 cm³/mol. The molecule has 1 saturated heterocycles. The number of aryl methyl sites for hydroxylation is 1. The molecular formula is C22H24N2O3. The normalized spacial score (nSPS) is 15.3. The zero-order chi connectivity index (χ0) is 18.8. The van der Waals surface area contributed by atoms with Crippen LogP contribution >= 0.6 is 0 Å². The van der Waals surface area contributed by atoms with Gasteiger partial charge in [0.1, 0.15) is 11.3 Å². The van der Waals surface area contributed by atoms with Crippen molar-refractivity contribution in [3.05, 3.63) is 70.1 Å². The van der Waals surface area contributed by atoms with Gasteiger partial charge in [-0.15, -0.1) is 0 Å². The minimum absolute atomic E-state index is 0.0789. The quantitative estimate of drug-likeness (QED) is 0.710. The Bertz CT molecular complexity index is 1000. The van der Waals surface area contributed by atoms with E-state index >= 15 is 0 Å². The van der Waals surface area contributed by atoms with E-state index in [1.54, 1.807) is 13.4 Å². The molecule has 4 rings (SSSR count). The van der Waals surface area contributed by atoms with E-state index in [1.807, 2.05) is 37.3 Å². The van der Waals surface area contributed by atoms with Gasteiger partial charge in [-0.2, -0.15) is 0 Å². The maximum Gasteiger partial charge on any atom is 0.197 e. The molecule has 0 bridgehead atoms. The lowest BCUT2D eigenvalue weighted by atomic mass is 10.1. The SMILES string of the molecule is COc1cccc(N2CCN(Cc3coc4ccc(C)cc4c3=O)CC2)c1. The highest BCUT2D eigenvalue weighted by molar-refractivity contribution is 5.77. The number of anilines is 1. The molecule has 1 aliphatic rings. The summed E-state index contributed by atoms with van der Waals surface area (Å²) in [6.45, 7) is 6.27. The van der Waals surface area contributed by atoms with Gasteiger partial charge in [0, 0.05) is 50.0 Å². The van der Waals surface area contributed by atoms with Gasteiger partial charge in [-0.25, -0.2) is 0 Å². The maximum atomic E-state index is 12.8. The average molecular weight is 364 g/mol. The second-order valence-electron chi connectivity index (χ2n) is 7.05. The summed E-state index contributed by atoms with van der Waals surface area (Å²) in [7, 11) is 1.69. The first kappa shape index (κ1) is 17.6. The summed E-state index contributed by atoms with van der Waals surface area (Å²) in [6.07, 6.45) is 1.62. The molecule has 140 valence electrons. The van der Waals surface area contributed by atoms with Crippen molar-refractivity contribution < 1.29 is 9.15 Å². The van der Waals surface area contributed by atoms with Crippen LogP contribution < -0.4 is 15.1 Å². The number of rotatable bonds is 4. The van der Waals surface area contributed by atoms with Crippen LogP contribution in [0.2, 0.25) is 0 Å². The van der Waals surface area contributed by atoms with Crippen LogP contribution in [0.15, 0.2) is 57.9 Å². The van der Waals surface area contributed by atoms with Crippen LogP contribution in [0.4, 0.5) is 5.69 Å². The molecule has 0 saturated carbocycles. The molecule has 0 unspecified atom stereocenters. The van der Waals surface area contributed by atoms with Crippen LogP contribution in [-0.4, -0.2) is 38.2 Å². The first-order chi connectivity index (χ1) is 13.1. The van der Waals surface area contributed by atoms with Crippen LogP contribution in [0.1, 0.15) is 11.1 Å². The number of nitrogens with zero attached hydrogens (tertiary/aromatic N) is 2. The fraction of sp³-hybridized carbons (Fsp3) is 0.318. The highest BCUT2D eigenvalue weighted by Gasteiger charge is 2.19. The Hall–Kier alpha value is -2.79. The lowest BCUT2D eigenvalue weighted by Gasteiger charge is -2.36. The Balaban J connectivity index is 1.45. The van der Waals surface area contributed by atoms with E-state index in [-0.39, 0.29) is 5.43 Å². The van der Waals surface area contributed by atoms with Gasteiger partial charge in [-0.3, -0.25) is 9.69 Å². The third-order valence-corrected chi connectivity index (χ3v) is 5.18. The minimum Gasteiger partial charge on any atom is -0.497 e. The molecule has 5 nitrogen and oxygen atoms in total. The molecule has 2 aromatic carbocycles. The van der Waals surface area contributed by atoms with Gasteiger partial charge in [0.15, 0.2) is 5.43 Å². The average Bonchev–Trinajstić information content (AvgIpc) is 2.71. The molecule has 0 N–H and O–H groups in total. The van der Waals surface area contributed by atoms with Crippen molar-refractivity contribution in [2.24, 2.45) is 0 Å². The summed E-state index contributed by atoms with van der Waals surface area (Å²) in [4.78, 5) is 17.5. The minimum atomic E-state index is 0.0789. The molecule has 5 heteroatoms. The highest BCUT2D eigenvalue weighted by Crippen LogP contribution is 2.22. The van der Waals surface area contributed by atoms with Gasteiger partial charge in [0.25, 0.3) is 0 Å². The molecule has 1 fully saturated rings. The summed E-state index contributed by atoms with van der Waals surface area (Å²) in [6, 6.07) is 13.9. The van der Waals surface area contributed by atoms with Gasteiger partial charge < -0.3 is 14.1 Å². The molecule has 3 aromatic rings.